The van der Waals surface area contributed by atoms with Gasteiger partial charge in [-0.2, -0.15) is 0 Å². The SMILES string of the molecule is C=C(/C=C(\O[B-](c1c(F)c(F)c(F)c(F)c1F)(c1c(F)c(F)c(F)c(F)c1F)c1c(F)c(F)c(F)c(F)c1F)c1ccc(Cl)cc1)[P+](c1ccccc1C)(c1ccccc1C)c1ccccc1C. The summed E-state index contributed by atoms with van der Waals surface area (Å²) in [6.45, 7) is 9.48. The highest BCUT2D eigenvalue weighted by molar-refractivity contribution is 7.99. The molecule has 0 N–H and O–H groups in total. The normalized spacial score (nSPS) is 12.2. The second-order valence-electron chi connectivity index (χ2n) is 15.4. The Morgan fingerprint density at radius 2 is 0.691 bits per heavy atom. The number of halogens is 16. The van der Waals surface area contributed by atoms with Gasteiger partial charge in [0.05, 0.1) is 5.76 Å². The maximum Gasteiger partial charge on any atom is 0.266 e. The fraction of sp³-hybridized carbons (Fsp3) is 0.0612. The van der Waals surface area contributed by atoms with E-state index in [9.17, 15) is 13.2 Å². The summed E-state index contributed by atoms with van der Waals surface area (Å²) in [7, 11) is -3.67. The second kappa shape index (κ2) is 18.6. The molecule has 0 spiro atoms. The Morgan fingerprint density at radius 1 is 0.426 bits per heavy atom. The van der Waals surface area contributed by atoms with Crippen molar-refractivity contribution in [3.63, 3.8) is 0 Å². The molecule has 0 heterocycles. The molecule has 0 amide bonds. The quantitative estimate of drug-likeness (QED) is 0.0239. The minimum absolute atomic E-state index is 0.107. The third-order valence-electron chi connectivity index (χ3n) is 11.5. The van der Waals surface area contributed by atoms with Crippen LogP contribution in [0.2, 0.25) is 5.02 Å². The van der Waals surface area contributed by atoms with Gasteiger partial charge in [0.1, 0.15) is 63.4 Å². The first-order chi connectivity index (χ1) is 32.1. The molecule has 0 bridgehead atoms. The molecule has 7 aromatic carbocycles. The molecule has 0 radical (unpaired) electrons. The fourth-order valence-corrected chi connectivity index (χ4v) is 13.3. The fourth-order valence-electron chi connectivity index (χ4n) is 8.46. The summed E-state index contributed by atoms with van der Waals surface area (Å²) in [5.41, 5.74) is -7.63. The first-order valence-corrected chi connectivity index (χ1v) is 21.9. The van der Waals surface area contributed by atoms with E-state index in [0.29, 0.717) is 32.6 Å². The predicted molar refractivity (Wildman–Crippen MR) is 232 cm³/mol. The topological polar surface area (TPSA) is 9.23 Å². The van der Waals surface area contributed by atoms with Gasteiger partial charge in [-0.25, -0.2) is 65.9 Å². The van der Waals surface area contributed by atoms with Crippen LogP contribution < -0.4 is 32.3 Å². The molecule has 0 saturated carbocycles. The molecule has 0 unspecified atom stereocenters. The van der Waals surface area contributed by atoms with Crippen molar-refractivity contribution in [2.24, 2.45) is 0 Å². The summed E-state index contributed by atoms with van der Waals surface area (Å²) in [5, 5.41) is 1.26. The molecule has 7 aromatic rings. The highest BCUT2D eigenvalue weighted by Crippen LogP contribution is 2.64. The minimum Gasteiger partial charge on any atom is -0.702 e. The first-order valence-electron chi connectivity index (χ1n) is 19.7. The molecule has 0 atom stereocenters. The summed E-state index contributed by atoms with van der Waals surface area (Å²) < 4.78 is 244. The lowest BCUT2D eigenvalue weighted by Crippen LogP contribution is -2.74. The van der Waals surface area contributed by atoms with Crippen LogP contribution in [-0.2, 0) is 4.65 Å². The van der Waals surface area contributed by atoms with E-state index in [-0.39, 0.29) is 10.3 Å². The third kappa shape index (κ3) is 7.63. The average Bonchev–Trinajstić information content (AvgIpc) is 3.32. The number of rotatable bonds is 11. The largest absolute Gasteiger partial charge is 0.702 e. The number of hydrogen-bond donors (Lipinski definition) is 0. The van der Waals surface area contributed by atoms with E-state index in [0.717, 1.165) is 30.3 Å². The van der Waals surface area contributed by atoms with Crippen molar-refractivity contribution in [3.05, 3.63) is 230 Å². The first kappa shape index (κ1) is 49.5. The van der Waals surface area contributed by atoms with Gasteiger partial charge in [-0.15, -0.1) is 0 Å². The molecular formula is C49H28BClF15OP. The molecule has 19 heteroatoms. The molecular weight excluding hydrogens is 967 g/mol. The van der Waals surface area contributed by atoms with Crippen LogP contribution in [0.4, 0.5) is 65.9 Å². The summed E-state index contributed by atoms with van der Waals surface area (Å²) in [6.07, 6.45) is -5.68. The number of hydrogen-bond acceptors (Lipinski definition) is 1. The standard InChI is InChI=1S/C49H28BClF15OP/c1-22-11-5-8-14-29(22)68(30-15-9-6-12-23(30)2,31-16-10-7-13-24(31)3)25(4)21-28(26-17-19-27(51)20-18-26)67-50(32-35(52)41(58)47(64)42(59)36(32)53,33-37(54)43(60)48(65)44(61)38(33)55)34-39(56)45(62)49(66)46(63)40(34)57/h5-21H,4H2,1-3H3/b28-21-. The van der Waals surface area contributed by atoms with Crippen LogP contribution in [0.5, 0.6) is 0 Å². The van der Waals surface area contributed by atoms with Crippen LogP contribution in [0.15, 0.2) is 115 Å². The van der Waals surface area contributed by atoms with Crippen LogP contribution in [0.3, 0.4) is 0 Å². The highest BCUT2D eigenvalue weighted by atomic mass is 35.5. The van der Waals surface area contributed by atoms with Crippen molar-refractivity contribution in [1.82, 2.24) is 0 Å². The van der Waals surface area contributed by atoms with Gasteiger partial charge < -0.3 is 4.65 Å². The van der Waals surface area contributed by atoms with Crippen molar-refractivity contribution in [3.8, 4) is 0 Å². The maximum absolute atomic E-state index is 16.7. The molecule has 0 fully saturated rings. The van der Waals surface area contributed by atoms with E-state index in [2.05, 4.69) is 6.58 Å². The summed E-state index contributed by atoms with van der Waals surface area (Å²) in [6, 6.07) is 24.2. The molecule has 0 aliphatic heterocycles. The Kier molecular flexibility index (Phi) is 13.5. The molecule has 0 aromatic heterocycles. The Labute approximate surface area is 383 Å². The van der Waals surface area contributed by atoms with Crippen molar-refractivity contribution >= 4 is 63.3 Å². The molecule has 0 aliphatic rings. The maximum atomic E-state index is 16.7. The lowest BCUT2D eigenvalue weighted by atomic mass is 9.27. The highest BCUT2D eigenvalue weighted by Gasteiger charge is 2.53. The van der Waals surface area contributed by atoms with Crippen LogP contribution in [0.1, 0.15) is 22.3 Å². The van der Waals surface area contributed by atoms with Crippen LogP contribution >= 0.6 is 18.9 Å². The van der Waals surface area contributed by atoms with Gasteiger partial charge in [0.25, 0.3) is 6.35 Å². The molecule has 0 saturated heterocycles. The van der Waals surface area contributed by atoms with Gasteiger partial charge in [-0.1, -0.05) is 89.2 Å². The van der Waals surface area contributed by atoms with Gasteiger partial charge >= 0.3 is 0 Å². The molecule has 1 nitrogen and oxygen atoms in total. The van der Waals surface area contributed by atoms with E-state index < -0.39 is 129 Å². The van der Waals surface area contributed by atoms with E-state index in [4.69, 9.17) is 16.3 Å². The van der Waals surface area contributed by atoms with Gasteiger partial charge in [0.15, 0.2) is 52.4 Å². The van der Waals surface area contributed by atoms with Crippen molar-refractivity contribution in [2.75, 3.05) is 0 Å². The Hall–Kier alpha value is -6.45. The zero-order chi connectivity index (χ0) is 49.9. The second-order valence-corrected chi connectivity index (χ2v) is 19.2. The Balaban J connectivity index is 1.79. The van der Waals surface area contributed by atoms with Gasteiger partial charge in [0, 0.05) is 16.7 Å². The lowest BCUT2D eigenvalue weighted by molar-refractivity contribution is 0.373. The average molecular weight is 995 g/mol. The Bertz CT molecular complexity index is 2880. The van der Waals surface area contributed by atoms with Crippen molar-refractivity contribution < 1.29 is 70.5 Å². The van der Waals surface area contributed by atoms with Crippen LogP contribution in [0, 0.1) is 108 Å². The third-order valence-corrected chi connectivity index (χ3v) is 16.5. The van der Waals surface area contributed by atoms with Gasteiger partial charge in [-0.05, 0) is 79.9 Å². The summed E-state index contributed by atoms with van der Waals surface area (Å²) >= 11 is 6.16. The van der Waals surface area contributed by atoms with E-state index in [1.54, 1.807) is 93.6 Å². The lowest BCUT2D eigenvalue weighted by Gasteiger charge is -2.46. The van der Waals surface area contributed by atoms with E-state index in [1.807, 2.05) is 0 Å². The number of benzene rings is 7. The summed E-state index contributed by atoms with van der Waals surface area (Å²) in [5.74, 6) is -48.7. The van der Waals surface area contributed by atoms with Crippen molar-refractivity contribution in [1.29, 1.82) is 0 Å². The molecule has 0 aliphatic carbocycles. The minimum atomic E-state index is -6.50. The number of aryl methyl sites for hydroxylation is 3. The molecule has 7 rings (SSSR count). The van der Waals surface area contributed by atoms with E-state index in [1.165, 1.54) is 0 Å². The van der Waals surface area contributed by atoms with Crippen LogP contribution in [-0.4, -0.2) is 6.35 Å². The number of allylic oxidation sites excluding steroid dienone is 2. The Morgan fingerprint density at radius 3 is 0.971 bits per heavy atom. The molecule has 350 valence electrons. The van der Waals surface area contributed by atoms with Gasteiger partial charge in [-0.3, -0.25) is 0 Å². The zero-order valence-electron chi connectivity index (χ0n) is 35.0. The summed E-state index contributed by atoms with van der Waals surface area (Å²) in [4.78, 5) is 0. The van der Waals surface area contributed by atoms with E-state index >= 15 is 52.7 Å². The predicted octanol–water partition coefficient (Wildman–Crippen LogP) is 11.9. The van der Waals surface area contributed by atoms with Crippen LogP contribution in [0.25, 0.3) is 5.76 Å². The monoisotopic (exact) mass is 994 g/mol. The van der Waals surface area contributed by atoms with Crippen molar-refractivity contribution in [2.45, 2.75) is 20.8 Å². The molecule has 68 heavy (non-hydrogen) atoms. The zero-order valence-corrected chi connectivity index (χ0v) is 36.7. The smallest absolute Gasteiger partial charge is 0.266 e. The van der Waals surface area contributed by atoms with Gasteiger partial charge in [0.2, 0.25) is 0 Å².